The van der Waals surface area contributed by atoms with Crippen molar-refractivity contribution in [2.24, 2.45) is 0 Å². The van der Waals surface area contributed by atoms with E-state index in [1.54, 1.807) is 35.6 Å². The first kappa shape index (κ1) is 39.3. The third-order valence-corrected chi connectivity index (χ3v) is 12.3. The normalized spacial score (nSPS) is 12.4. The van der Waals surface area contributed by atoms with Gasteiger partial charge < -0.3 is 9.92 Å². The van der Waals surface area contributed by atoms with Crippen LogP contribution in [0.5, 0.6) is 5.75 Å². The fraction of sp³-hybridized carbons (Fsp3) is 0.429. The number of para-hydroxylation sites is 2. The summed E-state index contributed by atoms with van der Waals surface area (Å²) in [6.45, 7) is 28.6. The van der Waals surface area contributed by atoms with Gasteiger partial charge in [0.15, 0.2) is 0 Å². The molecule has 0 fully saturated rings. The highest BCUT2D eigenvalue weighted by molar-refractivity contribution is 7.86. The predicted octanol–water partition coefficient (Wildman–Crippen LogP) is 11.7. The molecule has 0 heterocycles. The first-order valence-corrected chi connectivity index (χ1v) is 20.2. The second kappa shape index (κ2) is 15.6. The van der Waals surface area contributed by atoms with Crippen molar-refractivity contribution in [2.45, 2.75) is 111 Å². The van der Waals surface area contributed by atoms with Gasteiger partial charge in [-0.05, 0) is 73.3 Å². The minimum Gasteiger partial charge on any atom is -0.398 e. The van der Waals surface area contributed by atoms with Gasteiger partial charge in [0.25, 0.3) is 0 Å². The van der Waals surface area contributed by atoms with Crippen LogP contribution in [0.25, 0.3) is 22.3 Å². The summed E-state index contributed by atoms with van der Waals surface area (Å²) in [5.74, 6) is 1.82. The quantitative estimate of drug-likeness (QED) is 0.114. The molecule has 0 bridgehead atoms. The highest BCUT2D eigenvalue weighted by Crippen LogP contribution is 2.60. The lowest BCUT2D eigenvalue weighted by molar-refractivity contribution is 0.494. The molecule has 4 aromatic carbocycles. The third-order valence-electron chi connectivity index (χ3n) is 8.27. The van der Waals surface area contributed by atoms with Gasteiger partial charge in [-0.25, -0.2) is 0 Å². The summed E-state index contributed by atoms with van der Waals surface area (Å²) in [7, 11) is -3.93. The smallest absolute Gasteiger partial charge is 0.306 e. The lowest BCUT2D eigenvalue weighted by Crippen LogP contribution is -2.32. The Morgan fingerprint density at radius 1 is 0.625 bits per heavy atom. The average Bonchev–Trinajstić information content (AvgIpc) is 2.95. The molecule has 0 saturated heterocycles. The molecule has 0 aromatic heterocycles. The van der Waals surface area contributed by atoms with E-state index in [-0.39, 0.29) is 24.0 Å². The van der Waals surface area contributed by atoms with E-state index in [2.05, 4.69) is 119 Å². The van der Waals surface area contributed by atoms with Crippen molar-refractivity contribution in [1.82, 2.24) is 0 Å². The van der Waals surface area contributed by atoms with Crippen LogP contribution in [0.15, 0.2) is 84.9 Å². The molecule has 0 aliphatic rings. The fourth-order valence-corrected chi connectivity index (χ4v) is 11.1. The Kier molecular flexibility index (Phi) is 12.8. The maximum absolute atomic E-state index is 11.2. The lowest BCUT2D eigenvalue weighted by Gasteiger charge is -2.43. The van der Waals surface area contributed by atoms with Crippen LogP contribution in [0.1, 0.15) is 118 Å². The number of nitrogen functional groups attached to an aromatic ring is 1. The van der Waals surface area contributed by atoms with Crippen LogP contribution >= 0.6 is 7.92 Å². The molecule has 260 valence electrons. The number of anilines is 1. The molecule has 0 saturated carbocycles. The van der Waals surface area contributed by atoms with Crippen molar-refractivity contribution in [2.75, 3.05) is 12.0 Å². The molecule has 4 rings (SSSR count). The summed E-state index contributed by atoms with van der Waals surface area (Å²) in [4.78, 5) is 0. The van der Waals surface area contributed by atoms with Gasteiger partial charge in [-0.1, -0.05) is 164 Å². The van der Waals surface area contributed by atoms with Crippen LogP contribution in [-0.2, 0) is 10.1 Å². The zero-order valence-electron chi connectivity index (χ0n) is 31.5. The number of rotatable bonds is 8. The summed E-state index contributed by atoms with van der Waals surface area (Å²) < 4.78 is 27.4. The fourth-order valence-electron chi connectivity index (χ4n) is 6.54. The Bertz CT molecular complexity index is 1750. The van der Waals surface area contributed by atoms with Crippen molar-refractivity contribution >= 4 is 29.0 Å². The molecule has 0 aliphatic heterocycles. The topological polar surface area (TPSA) is 69.4 Å². The molecule has 0 aliphatic carbocycles. The summed E-state index contributed by atoms with van der Waals surface area (Å²) in [5.41, 5.74) is 15.3. The van der Waals surface area contributed by atoms with Gasteiger partial charge in [-0.15, -0.1) is 0 Å². The molecule has 0 spiro atoms. The van der Waals surface area contributed by atoms with Crippen molar-refractivity contribution in [3.05, 3.63) is 102 Å². The van der Waals surface area contributed by atoms with Gasteiger partial charge in [-0.3, -0.25) is 0 Å². The monoisotopic (exact) mass is 687 g/mol. The Balaban J connectivity index is 0.000000294. The largest absolute Gasteiger partial charge is 0.398 e. The Morgan fingerprint density at radius 3 is 1.50 bits per heavy atom. The zero-order valence-corrected chi connectivity index (χ0v) is 33.2. The number of hydrogen-bond donors (Lipinski definition) is 1. The maximum Gasteiger partial charge on any atom is 0.306 e. The van der Waals surface area contributed by atoms with E-state index in [4.69, 9.17) is 9.92 Å². The minimum absolute atomic E-state index is 0.248. The molecule has 4 nitrogen and oxygen atoms in total. The summed E-state index contributed by atoms with van der Waals surface area (Å²) >= 11 is 0. The van der Waals surface area contributed by atoms with Crippen LogP contribution in [-0.4, -0.2) is 25.0 Å². The van der Waals surface area contributed by atoms with Crippen LogP contribution in [0.3, 0.4) is 0 Å². The first-order valence-electron chi connectivity index (χ1n) is 17.0. The SMILES string of the molecule is CC(C)c1cc(C(C)C)c(-c2ccccc2P(C(C)(C)C)C(C)(C)C)c(C(C)C)c1.CS(=O)(=O)Oc1ccccc1-c1ccccc1N. The zero-order chi connectivity index (χ0) is 36.2. The Morgan fingerprint density at radius 2 is 1.06 bits per heavy atom. The van der Waals surface area contributed by atoms with Gasteiger partial charge in [0.2, 0.25) is 0 Å². The number of benzene rings is 4. The van der Waals surface area contributed by atoms with Gasteiger partial charge in [0, 0.05) is 16.8 Å². The molecule has 4 aromatic rings. The molecule has 48 heavy (non-hydrogen) atoms. The number of hydrogen-bond acceptors (Lipinski definition) is 4. The van der Waals surface area contributed by atoms with Crippen LogP contribution in [0.2, 0.25) is 0 Å². The maximum atomic E-state index is 11.2. The molecule has 2 N–H and O–H groups in total. The molecule has 0 radical (unpaired) electrons. The second-order valence-corrected chi connectivity index (χ2v) is 21.0. The first-order chi connectivity index (χ1) is 22.1. The van der Waals surface area contributed by atoms with Gasteiger partial charge in [0.1, 0.15) is 5.75 Å². The Hall–Kier alpha value is -3.14. The molecular formula is C42H58NO3PS. The molecule has 0 atom stereocenters. The number of nitrogens with two attached hydrogens (primary N) is 1. The molecule has 0 unspecified atom stereocenters. The lowest BCUT2D eigenvalue weighted by atomic mass is 9.82. The van der Waals surface area contributed by atoms with Crippen LogP contribution in [0.4, 0.5) is 5.69 Å². The van der Waals surface area contributed by atoms with Crippen molar-refractivity contribution in [3.8, 4) is 28.0 Å². The summed E-state index contributed by atoms with van der Waals surface area (Å²) in [6, 6.07) is 28.4. The molecule has 6 heteroatoms. The van der Waals surface area contributed by atoms with Crippen LogP contribution < -0.4 is 15.2 Å². The minimum atomic E-state index is -3.56. The van der Waals surface area contributed by atoms with Gasteiger partial charge in [0.05, 0.1) is 6.26 Å². The average molecular weight is 688 g/mol. The van der Waals surface area contributed by atoms with Crippen molar-refractivity contribution in [3.63, 3.8) is 0 Å². The van der Waals surface area contributed by atoms with Crippen LogP contribution in [0, 0.1) is 0 Å². The molecular weight excluding hydrogens is 630 g/mol. The van der Waals surface area contributed by atoms with E-state index in [1.807, 2.05) is 18.2 Å². The van der Waals surface area contributed by atoms with E-state index >= 15 is 0 Å². The van der Waals surface area contributed by atoms with Crippen molar-refractivity contribution < 1.29 is 12.6 Å². The van der Waals surface area contributed by atoms with E-state index in [1.165, 1.54) is 27.8 Å². The standard InChI is InChI=1S/C29H45P.C13H13NO3S/c1-19(2)22-17-24(20(3)4)27(25(18-22)21(5)6)23-15-13-14-16-26(23)30(28(7,8)9)29(10,11)12;1-18(15,16)17-13-9-5-3-7-11(13)10-6-2-4-8-12(10)14/h13-21H,1-12H3;2-9H,14H2,1H3. The van der Waals surface area contributed by atoms with E-state index in [0.29, 0.717) is 29.0 Å². The summed E-state index contributed by atoms with van der Waals surface area (Å²) in [5, 5.41) is 2.06. The third kappa shape index (κ3) is 9.95. The highest BCUT2D eigenvalue weighted by atomic mass is 32.2. The van der Waals surface area contributed by atoms with E-state index in [0.717, 1.165) is 11.8 Å². The van der Waals surface area contributed by atoms with Gasteiger partial charge >= 0.3 is 10.1 Å². The van der Waals surface area contributed by atoms with Gasteiger partial charge in [-0.2, -0.15) is 8.42 Å². The van der Waals surface area contributed by atoms with Crippen molar-refractivity contribution in [1.29, 1.82) is 0 Å². The highest BCUT2D eigenvalue weighted by Gasteiger charge is 2.37. The predicted molar refractivity (Wildman–Crippen MR) is 212 cm³/mol. The van der Waals surface area contributed by atoms with E-state index < -0.39 is 10.1 Å². The Labute approximate surface area is 293 Å². The second-order valence-electron chi connectivity index (χ2n) is 15.6. The summed E-state index contributed by atoms with van der Waals surface area (Å²) in [6.07, 6.45) is 1.01. The molecule has 0 amide bonds. The van der Waals surface area contributed by atoms with E-state index in [9.17, 15) is 8.42 Å².